The van der Waals surface area contributed by atoms with Crippen LogP contribution in [0.4, 0.5) is 11.6 Å². The third kappa shape index (κ3) is 3.77. The van der Waals surface area contributed by atoms with Crippen molar-refractivity contribution in [1.82, 2.24) is 9.66 Å². The Morgan fingerprint density at radius 3 is 2.67 bits per heavy atom. The number of nitrogens with zero attached hydrogens (tertiary/aromatic N) is 4. The van der Waals surface area contributed by atoms with E-state index in [4.69, 9.17) is 5.73 Å². The number of anilines is 1. The van der Waals surface area contributed by atoms with Crippen LogP contribution in [0.15, 0.2) is 70.8 Å². The minimum absolute atomic E-state index is 0.448. The molecule has 0 unspecified atom stereocenters. The molecule has 1 aliphatic rings. The lowest BCUT2D eigenvalue weighted by atomic mass is 10.1. The molecule has 0 aliphatic carbocycles. The Labute approximate surface area is 155 Å². The fourth-order valence-corrected chi connectivity index (χ4v) is 2.86. The molecule has 3 aromatic rings. The predicted molar refractivity (Wildman–Crippen MR) is 104 cm³/mol. The van der Waals surface area contributed by atoms with Crippen molar-refractivity contribution in [3.8, 4) is 0 Å². The average molecular weight is 358 g/mol. The molecule has 0 fully saturated rings. The molecule has 0 atom stereocenters. The number of benzene rings is 2. The minimum Gasteiger partial charge on any atom is -0.366 e. The zero-order chi connectivity index (χ0) is 18.6. The fraction of sp³-hybridized carbons (Fsp3) is 0.100. The highest BCUT2D eigenvalue weighted by Gasteiger charge is 2.11. The van der Waals surface area contributed by atoms with Crippen LogP contribution in [-0.4, -0.2) is 28.3 Å². The number of carbonyl (C=O) groups is 1. The predicted octanol–water partition coefficient (Wildman–Crippen LogP) is 2.06. The van der Waals surface area contributed by atoms with Crippen molar-refractivity contribution in [3.63, 3.8) is 0 Å². The normalized spacial score (nSPS) is 13.1. The van der Waals surface area contributed by atoms with E-state index >= 15 is 0 Å². The van der Waals surface area contributed by atoms with Crippen molar-refractivity contribution >= 4 is 23.8 Å². The van der Waals surface area contributed by atoms with Crippen LogP contribution < -0.4 is 16.5 Å². The number of rotatable bonds is 4. The van der Waals surface area contributed by atoms with E-state index in [1.165, 1.54) is 5.56 Å². The molecule has 134 valence electrons. The van der Waals surface area contributed by atoms with E-state index < -0.39 is 5.91 Å². The Bertz CT molecular complexity index is 1070. The maximum Gasteiger partial charge on any atom is 0.248 e. The van der Waals surface area contributed by atoms with Crippen LogP contribution in [0.1, 0.15) is 21.6 Å². The van der Waals surface area contributed by atoms with Crippen LogP contribution >= 0.6 is 0 Å². The smallest absolute Gasteiger partial charge is 0.248 e. The highest BCUT2D eigenvalue weighted by Crippen LogP contribution is 2.15. The Morgan fingerprint density at radius 2 is 1.93 bits per heavy atom. The number of carbonyl (C=O) groups excluding carboxylic acids is 1. The second kappa shape index (κ2) is 7.25. The lowest BCUT2D eigenvalue weighted by Crippen LogP contribution is -2.24. The lowest BCUT2D eigenvalue weighted by Gasteiger charge is -2.17. The summed E-state index contributed by atoms with van der Waals surface area (Å²) in [6.45, 7) is 0.620. The zero-order valence-electron chi connectivity index (χ0n) is 14.5. The van der Waals surface area contributed by atoms with Gasteiger partial charge in [0.25, 0.3) is 0 Å². The first-order valence-electron chi connectivity index (χ1n) is 8.57. The van der Waals surface area contributed by atoms with Crippen LogP contribution in [0.5, 0.6) is 0 Å². The fourth-order valence-electron chi connectivity index (χ4n) is 2.86. The van der Waals surface area contributed by atoms with Gasteiger partial charge in [0.1, 0.15) is 0 Å². The largest absolute Gasteiger partial charge is 0.366 e. The number of hydrogen-bond donors (Lipinski definition) is 2. The molecule has 0 saturated heterocycles. The van der Waals surface area contributed by atoms with Crippen molar-refractivity contribution in [2.45, 2.75) is 6.42 Å². The molecule has 27 heavy (non-hydrogen) atoms. The van der Waals surface area contributed by atoms with Gasteiger partial charge in [0.2, 0.25) is 11.9 Å². The van der Waals surface area contributed by atoms with Crippen molar-refractivity contribution in [1.29, 1.82) is 0 Å². The van der Waals surface area contributed by atoms with E-state index in [-0.39, 0.29) is 0 Å². The summed E-state index contributed by atoms with van der Waals surface area (Å²) < 4.78 is 1.80. The van der Waals surface area contributed by atoms with Gasteiger partial charge in [-0.15, -0.1) is 0 Å². The molecule has 2 aromatic carbocycles. The van der Waals surface area contributed by atoms with E-state index in [1.807, 2.05) is 30.5 Å². The monoisotopic (exact) mass is 358 g/mol. The number of amides is 1. The van der Waals surface area contributed by atoms with Gasteiger partial charge < -0.3 is 11.1 Å². The second-order valence-corrected chi connectivity index (χ2v) is 6.11. The van der Waals surface area contributed by atoms with E-state index in [0.29, 0.717) is 35.7 Å². The zero-order valence-corrected chi connectivity index (χ0v) is 14.5. The SMILES string of the molecule is NC(=O)c1ccc(N=c2cc(Cc3ccccc3)n3c(n2)NCC=N3)cc1. The topological polar surface area (TPSA) is 97.7 Å². The summed E-state index contributed by atoms with van der Waals surface area (Å²) in [5.41, 5.74) is 9.15. The van der Waals surface area contributed by atoms with Gasteiger partial charge in [-0.05, 0) is 29.8 Å². The number of aromatic nitrogens is 2. The molecule has 0 saturated carbocycles. The van der Waals surface area contributed by atoms with Crippen LogP contribution in [0.3, 0.4) is 0 Å². The van der Waals surface area contributed by atoms with Crippen LogP contribution in [-0.2, 0) is 6.42 Å². The molecule has 7 heteroatoms. The molecule has 0 radical (unpaired) electrons. The molecule has 0 bridgehead atoms. The summed E-state index contributed by atoms with van der Waals surface area (Å²) in [7, 11) is 0. The van der Waals surface area contributed by atoms with E-state index in [9.17, 15) is 4.79 Å². The number of hydrogen-bond acceptors (Lipinski definition) is 5. The standard InChI is InChI=1S/C20H18N6O/c21-19(27)15-6-8-16(9-7-15)24-18-13-17(12-14-4-2-1-3-5-14)26-20(25-18)22-10-11-23-26/h1-9,11,13H,10,12H2,(H2,21,27)(H,22,24,25). The third-order valence-corrected chi connectivity index (χ3v) is 4.16. The number of primary amides is 1. The molecule has 0 spiro atoms. The molecule has 1 aromatic heterocycles. The van der Waals surface area contributed by atoms with Gasteiger partial charge in [0.15, 0.2) is 5.49 Å². The highest BCUT2D eigenvalue weighted by molar-refractivity contribution is 5.93. The second-order valence-electron chi connectivity index (χ2n) is 6.11. The van der Waals surface area contributed by atoms with Crippen molar-refractivity contribution in [2.75, 3.05) is 11.9 Å². The number of nitrogens with two attached hydrogens (primary N) is 1. The average Bonchev–Trinajstić information content (AvgIpc) is 2.69. The van der Waals surface area contributed by atoms with Crippen molar-refractivity contribution in [3.05, 3.63) is 83.0 Å². The quantitative estimate of drug-likeness (QED) is 0.747. The molecular formula is C20H18N6O. The van der Waals surface area contributed by atoms with Crippen molar-refractivity contribution < 1.29 is 4.79 Å². The maximum absolute atomic E-state index is 11.2. The van der Waals surface area contributed by atoms with Gasteiger partial charge in [0, 0.05) is 24.3 Å². The van der Waals surface area contributed by atoms with Gasteiger partial charge >= 0.3 is 0 Å². The number of nitrogens with one attached hydrogen (secondary N) is 1. The third-order valence-electron chi connectivity index (χ3n) is 4.16. The van der Waals surface area contributed by atoms with Crippen molar-refractivity contribution in [2.24, 2.45) is 15.8 Å². The molecule has 1 amide bonds. The van der Waals surface area contributed by atoms with Crippen LogP contribution in [0.25, 0.3) is 0 Å². The molecule has 1 aliphatic heterocycles. The molecule has 4 rings (SSSR count). The Kier molecular flexibility index (Phi) is 4.49. The van der Waals surface area contributed by atoms with E-state index in [2.05, 4.69) is 32.5 Å². The Morgan fingerprint density at radius 1 is 1.15 bits per heavy atom. The van der Waals surface area contributed by atoms with E-state index in [0.717, 1.165) is 5.69 Å². The first kappa shape index (κ1) is 16.7. The molecule has 7 nitrogen and oxygen atoms in total. The maximum atomic E-state index is 11.2. The Balaban J connectivity index is 1.76. The number of fused-ring (bicyclic) bond motifs is 1. The van der Waals surface area contributed by atoms with Gasteiger partial charge in [-0.3, -0.25) is 4.79 Å². The summed E-state index contributed by atoms with van der Waals surface area (Å²) in [6, 6.07) is 18.9. The molecular weight excluding hydrogens is 340 g/mol. The first-order chi connectivity index (χ1) is 13.2. The van der Waals surface area contributed by atoms with Crippen LogP contribution in [0, 0.1) is 0 Å². The van der Waals surface area contributed by atoms with Gasteiger partial charge in [-0.1, -0.05) is 30.3 Å². The summed E-state index contributed by atoms with van der Waals surface area (Å²) in [5.74, 6) is 0.190. The Hall–Kier alpha value is -3.74. The van der Waals surface area contributed by atoms with Gasteiger partial charge in [-0.25, -0.2) is 9.67 Å². The summed E-state index contributed by atoms with van der Waals surface area (Å²) in [4.78, 5) is 20.3. The van der Waals surface area contributed by atoms with Gasteiger partial charge in [0.05, 0.1) is 17.9 Å². The highest BCUT2D eigenvalue weighted by atomic mass is 16.1. The lowest BCUT2D eigenvalue weighted by molar-refractivity contribution is 0.100. The summed E-state index contributed by atoms with van der Waals surface area (Å²) >= 11 is 0. The van der Waals surface area contributed by atoms with E-state index in [1.54, 1.807) is 28.9 Å². The summed E-state index contributed by atoms with van der Waals surface area (Å²) in [5, 5.41) is 7.66. The molecule has 2 heterocycles. The minimum atomic E-state index is -0.461. The van der Waals surface area contributed by atoms with Gasteiger partial charge in [-0.2, -0.15) is 10.1 Å². The molecule has 3 N–H and O–H groups in total. The first-order valence-corrected chi connectivity index (χ1v) is 8.57. The summed E-state index contributed by atoms with van der Waals surface area (Å²) in [6.07, 6.45) is 2.51. The van der Waals surface area contributed by atoms with Crippen LogP contribution in [0.2, 0.25) is 0 Å².